The highest BCUT2D eigenvalue weighted by Gasteiger charge is 2.59. The predicted octanol–water partition coefficient (Wildman–Crippen LogP) is 1.54. The molecule has 20 heavy (non-hydrogen) atoms. The van der Waals surface area contributed by atoms with Crippen LogP contribution in [0.1, 0.15) is 40.0 Å². The molecule has 0 aromatic heterocycles. The summed E-state index contributed by atoms with van der Waals surface area (Å²) in [6.07, 6.45) is 3.94. The number of ether oxygens (including phenoxy) is 1. The molecule has 1 saturated carbocycles. The van der Waals surface area contributed by atoms with Gasteiger partial charge in [-0.1, -0.05) is 13.8 Å². The average molecular weight is 283 g/mol. The zero-order valence-electron chi connectivity index (χ0n) is 14.0. The Morgan fingerprint density at radius 2 is 2.05 bits per heavy atom. The Balaban J connectivity index is 1.95. The van der Waals surface area contributed by atoms with Gasteiger partial charge in [0.15, 0.2) is 0 Å². The van der Waals surface area contributed by atoms with E-state index in [9.17, 15) is 0 Å². The van der Waals surface area contributed by atoms with E-state index in [-0.39, 0.29) is 11.0 Å². The molecule has 0 bridgehead atoms. The molecule has 2 rings (SSSR count). The molecule has 4 heteroatoms. The van der Waals surface area contributed by atoms with Crippen molar-refractivity contribution in [2.24, 2.45) is 11.1 Å². The van der Waals surface area contributed by atoms with Gasteiger partial charge >= 0.3 is 0 Å². The highest BCUT2D eigenvalue weighted by Crippen LogP contribution is 2.50. The number of likely N-dealkylation sites (tertiary alicyclic amines) is 1. The lowest BCUT2D eigenvalue weighted by Crippen LogP contribution is -2.74. The van der Waals surface area contributed by atoms with Crippen molar-refractivity contribution in [3.05, 3.63) is 0 Å². The van der Waals surface area contributed by atoms with E-state index in [0.29, 0.717) is 12.1 Å². The Kier molecular flexibility index (Phi) is 4.80. The van der Waals surface area contributed by atoms with E-state index < -0.39 is 0 Å². The van der Waals surface area contributed by atoms with E-state index in [1.165, 1.54) is 19.4 Å². The number of likely N-dealkylation sites (N-methyl/N-ethyl adjacent to an activating group) is 1. The second-order valence-corrected chi connectivity index (χ2v) is 7.55. The summed E-state index contributed by atoms with van der Waals surface area (Å²) in [4.78, 5) is 4.91. The molecule has 1 saturated heterocycles. The quantitative estimate of drug-likeness (QED) is 0.803. The Labute approximate surface area is 124 Å². The maximum absolute atomic E-state index is 6.74. The Hall–Kier alpha value is -0.160. The van der Waals surface area contributed by atoms with E-state index in [4.69, 9.17) is 10.5 Å². The van der Waals surface area contributed by atoms with Gasteiger partial charge in [0, 0.05) is 36.7 Å². The SMILES string of the molecule is CCOC1CC(N)(CN2CCCC2CN(C)C)C1(C)C. The number of hydrogen-bond acceptors (Lipinski definition) is 4. The lowest BCUT2D eigenvalue weighted by Gasteiger charge is -2.60. The van der Waals surface area contributed by atoms with Crippen molar-refractivity contribution in [3.63, 3.8) is 0 Å². The molecule has 2 N–H and O–H groups in total. The van der Waals surface area contributed by atoms with Crippen molar-refractivity contribution in [2.45, 2.75) is 57.7 Å². The minimum Gasteiger partial charge on any atom is -0.378 e. The summed E-state index contributed by atoms with van der Waals surface area (Å²) in [6, 6.07) is 0.673. The van der Waals surface area contributed by atoms with Gasteiger partial charge in [0.25, 0.3) is 0 Å². The van der Waals surface area contributed by atoms with Gasteiger partial charge in [0.05, 0.1) is 6.10 Å². The zero-order valence-corrected chi connectivity index (χ0v) is 14.0. The minimum absolute atomic E-state index is 0.0776. The summed E-state index contributed by atoms with van der Waals surface area (Å²) < 4.78 is 5.84. The molecule has 0 aromatic rings. The highest BCUT2D eigenvalue weighted by molar-refractivity contribution is 5.15. The Morgan fingerprint density at radius 1 is 1.35 bits per heavy atom. The fraction of sp³-hybridized carbons (Fsp3) is 1.00. The Morgan fingerprint density at radius 3 is 2.60 bits per heavy atom. The molecule has 0 amide bonds. The van der Waals surface area contributed by atoms with Gasteiger partial charge in [-0.05, 0) is 46.8 Å². The van der Waals surface area contributed by atoms with Crippen LogP contribution in [0.25, 0.3) is 0 Å². The molecule has 0 radical (unpaired) electrons. The van der Waals surface area contributed by atoms with Crippen LogP contribution in [-0.4, -0.2) is 67.8 Å². The molecule has 1 aliphatic carbocycles. The summed E-state index contributed by atoms with van der Waals surface area (Å²) >= 11 is 0. The second-order valence-electron chi connectivity index (χ2n) is 7.55. The molecule has 0 aromatic carbocycles. The first-order chi connectivity index (χ1) is 9.30. The molecule has 118 valence electrons. The third-order valence-corrected chi connectivity index (χ3v) is 5.57. The second kappa shape index (κ2) is 5.91. The van der Waals surface area contributed by atoms with Crippen molar-refractivity contribution in [3.8, 4) is 0 Å². The van der Waals surface area contributed by atoms with Crippen LogP contribution in [0.15, 0.2) is 0 Å². The van der Waals surface area contributed by atoms with Crippen molar-refractivity contribution in [1.82, 2.24) is 9.80 Å². The number of rotatable bonds is 6. The molecule has 1 aliphatic heterocycles. The van der Waals surface area contributed by atoms with Gasteiger partial charge in [0.2, 0.25) is 0 Å². The first-order valence-corrected chi connectivity index (χ1v) is 8.09. The van der Waals surface area contributed by atoms with Crippen LogP contribution in [0.4, 0.5) is 0 Å². The molecule has 3 unspecified atom stereocenters. The molecule has 2 aliphatic rings. The van der Waals surface area contributed by atoms with Crippen LogP contribution in [0.5, 0.6) is 0 Å². The van der Waals surface area contributed by atoms with Crippen LogP contribution in [-0.2, 0) is 4.74 Å². The monoisotopic (exact) mass is 283 g/mol. The van der Waals surface area contributed by atoms with Gasteiger partial charge in [-0.2, -0.15) is 0 Å². The lowest BCUT2D eigenvalue weighted by atomic mass is 9.54. The first-order valence-electron chi connectivity index (χ1n) is 8.09. The van der Waals surface area contributed by atoms with Crippen LogP contribution in [0.2, 0.25) is 0 Å². The van der Waals surface area contributed by atoms with Crippen LogP contribution < -0.4 is 5.73 Å². The van der Waals surface area contributed by atoms with Crippen LogP contribution in [0, 0.1) is 5.41 Å². The van der Waals surface area contributed by atoms with Gasteiger partial charge in [-0.15, -0.1) is 0 Å². The average Bonchev–Trinajstić information content (AvgIpc) is 2.75. The zero-order chi connectivity index (χ0) is 15.0. The maximum Gasteiger partial charge on any atom is 0.0662 e. The molecule has 2 fully saturated rings. The standard InChI is InChI=1S/C16H33N3O/c1-6-20-14-10-16(17,15(14,2)3)12-19-9-7-8-13(19)11-18(4)5/h13-14H,6-12,17H2,1-5H3. The van der Waals surface area contributed by atoms with E-state index in [0.717, 1.165) is 26.1 Å². The van der Waals surface area contributed by atoms with E-state index in [1.54, 1.807) is 0 Å². The van der Waals surface area contributed by atoms with E-state index in [2.05, 4.69) is 44.7 Å². The van der Waals surface area contributed by atoms with Crippen molar-refractivity contribution >= 4 is 0 Å². The summed E-state index contributed by atoms with van der Waals surface area (Å²) in [5, 5.41) is 0. The maximum atomic E-state index is 6.74. The third-order valence-electron chi connectivity index (χ3n) is 5.57. The molecule has 0 spiro atoms. The Bertz CT molecular complexity index is 332. The summed E-state index contributed by atoms with van der Waals surface area (Å²) in [7, 11) is 4.32. The summed E-state index contributed by atoms with van der Waals surface area (Å²) in [6.45, 7) is 10.8. The molecule has 3 atom stereocenters. The normalized spacial score (nSPS) is 37.4. The largest absolute Gasteiger partial charge is 0.378 e. The number of hydrogen-bond donors (Lipinski definition) is 1. The molecular weight excluding hydrogens is 250 g/mol. The minimum atomic E-state index is -0.0955. The van der Waals surface area contributed by atoms with Crippen molar-refractivity contribution < 1.29 is 4.74 Å². The van der Waals surface area contributed by atoms with Crippen LogP contribution >= 0.6 is 0 Å². The van der Waals surface area contributed by atoms with Gasteiger partial charge in [0.1, 0.15) is 0 Å². The molecule has 1 heterocycles. The fourth-order valence-electron chi connectivity index (χ4n) is 3.87. The van der Waals surface area contributed by atoms with Gasteiger partial charge < -0.3 is 15.4 Å². The first kappa shape index (κ1) is 16.2. The van der Waals surface area contributed by atoms with Gasteiger partial charge in [-0.25, -0.2) is 0 Å². The lowest BCUT2D eigenvalue weighted by molar-refractivity contribution is -0.157. The molecular formula is C16H33N3O. The van der Waals surface area contributed by atoms with Crippen molar-refractivity contribution in [1.29, 1.82) is 0 Å². The topological polar surface area (TPSA) is 41.7 Å². The number of nitrogens with two attached hydrogens (primary N) is 1. The van der Waals surface area contributed by atoms with Crippen molar-refractivity contribution in [2.75, 3.05) is 40.3 Å². The predicted molar refractivity (Wildman–Crippen MR) is 83.9 cm³/mol. The van der Waals surface area contributed by atoms with Crippen LogP contribution in [0.3, 0.4) is 0 Å². The summed E-state index contributed by atoms with van der Waals surface area (Å²) in [5.74, 6) is 0. The van der Waals surface area contributed by atoms with Gasteiger partial charge in [-0.3, -0.25) is 4.90 Å². The summed E-state index contributed by atoms with van der Waals surface area (Å²) in [5.41, 5.74) is 6.72. The molecule has 4 nitrogen and oxygen atoms in total. The third kappa shape index (κ3) is 2.89. The highest BCUT2D eigenvalue weighted by atomic mass is 16.5. The van der Waals surface area contributed by atoms with E-state index in [1.807, 2.05) is 0 Å². The number of nitrogens with zero attached hydrogens (tertiary/aromatic N) is 2. The fourth-order valence-corrected chi connectivity index (χ4v) is 3.87. The van der Waals surface area contributed by atoms with E-state index >= 15 is 0 Å². The smallest absolute Gasteiger partial charge is 0.0662 e.